The van der Waals surface area contributed by atoms with Gasteiger partial charge in [0.15, 0.2) is 5.43 Å². The molecule has 166 valence electrons. The summed E-state index contributed by atoms with van der Waals surface area (Å²) in [5.74, 6) is -1.19. The molecule has 2 heterocycles. The number of benzene rings is 1. The number of phenolic OH excluding ortho intramolecular Hbond substituents is 2. The van der Waals surface area contributed by atoms with E-state index in [1.54, 1.807) is 0 Å². The number of aromatic hydroxyl groups is 2. The molecule has 2 atom stereocenters. The largest absolute Gasteiger partial charge is 0.507 e. The Kier molecular flexibility index (Phi) is 7.21. The van der Waals surface area contributed by atoms with Gasteiger partial charge in [-0.05, 0) is 26.1 Å². The SMILES string of the molecule is C=C/C(Cl)=C(\C=C)c1cc(=O)c2c(O)cc(O)c(C3CCN(C)CC3OP(O)O)c2o1. The first-order chi connectivity index (χ1) is 14.7. The Bertz CT molecular complexity index is 1110. The average Bonchev–Trinajstić information content (AvgIpc) is 2.68. The van der Waals surface area contributed by atoms with Crippen molar-refractivity contribution in [3.05, 3.63) is 64.0 Å². The zero-order valence-electron chi connectivity index (χ0n) is 16.8. The standard InChI is InChI=1S/C21H23ClNO7P/c1-4-11(13(22)5-2)17-9-16(26)20-15(25)8-14(24)19(21(20)29-17)12-6-7-23(3)10-18(12)30-31(27)28/h4-5,8-9,12,18,24-25,27-28H,1-2,6-7,10H2,3H3/b13-11-. The van der Waals surface area contributed by atoms with Crippen LogP contribution in [0.15, 0.2) is 51.7 Å². The number of fused-ring (bicyclic) bond motifs is 1. The van der Waals surface area contributed by atoms with Crippen LogP contribution in [0, 0.1) is 0 Å². The van der Waals surface area contributed by atoms with E-state index < -0.39 is 31.8 Å². The molecule has 1 aromatic carbocycles. The van der Waals surface area contributed by atoms with Gasteiger partial charge in [-0.3, -0.25) is 4.79 Å². The Hall–Kier alpha value is -2.19. The second kappa shape index (κ2) is 9.53. The summed E-state index contributed by atoms with van der Waals surface area (Å²) in [5, 5.41) is 21.1. The predicted molar refractivity (Wildman–Crippen MR) is 120 cm³/mol. The normalized spacial score (nSPS) is 20.7. The topological polar surface area (TPSA) is 124 Å². The number of piperidine rings is 1. The van der Waals surface area contributed by atoms with Crippen molar-refractivity contribution in [2.24, 2.45) is 0 Å². The second-order valence-electron chi connectivity index (χ2n) is 7.23. The van der Waals surface area contributed by atoms with E-state index in [9.17, 15) is 24.8 Å². The maximum Gasteiger partial charge on any atom is 0.327 e. The molecule has 0 spiro atoms. The first-order valence-corrected chi connectivity index (χ1v) is 10.9. The fourth-order valence-corrected chi connectivity index (χ4v) is 4.49. The van der Waals surface area contributed by atoms with Gasteiger partial charge in [0.25, 0.3) is 0 Å². The molecule has 10 heteroatoms. The number of hydrogen-bond acceptors (Lipinski definition) is 8. The van der Waals surface area contributed by atoms with Gasteiger partial charge in [0, 0.05) is 35.7 Å². The van der Waals surface area contributed by atoms with E-state index in [1.165, 1.54) is 18.2 Å². The Balaban J connectivity index is 2.31. The van der Waals surface area contributed by atoms with Crippen molar-refractivity contribution in [2.45, 2.75) is 18.4 Å². The summed E-state index contributed by atoms with van der Waals surface area (Å²) in [5.41, 5.74) is -0.0224. The number of halogens is 1. The van der Waals surface area contributed by atoms with Crippen LogP contribution in [0.5, 0.6) is 11.5 Å². The molecule has 4 N–H and O–H groups in total. The molecule has 1 saturated heterocycles. The summed E-state index contributed by atoms with van der Waals surface area (Å²) < 4.78 is 11.3. The summed E-state index contributed by atoms with van der Waals surface area (Å²) in [6, 6.07) is 2.25. The lowest BCUT2D eigenvalue weighted by Gasteiger charge is -2.37. The number of allylic oxidation sites excluding steroid dienone is 4. The molecule has 0 radical (unpaired) electrons. The number of hydrogen-bond donors (Lipinski definition) is 4. The van der Waals surface area contributed by atoms with Crippen molar-refractivity contribution in [3.63, 3.8) is 0 Å². The zero-order chi connectivity index (χ0) is 22.9. The molecular formula is C21H23ClNO7P. The van der Waals surface area contributed by atoms with Crippen molar-refractivity contribution in [1.82, 2.24) is 4.90 Å². The first kappa shape index (κ1) is 23.5. The lowest BCUT2D eigenvalue weighted by atomic mass is 9.85. The van der Waals surface area contributed by atoms with Crippen molar-refractivity contribution in [1.29, 1.82) is 0 Å². The van der Waals surface area contributed by atoms with E-state index in [2.05, 4.69) is 13.2 Å². The molecule has 2 aromatic rings. The van der Waals surface area contributed by atoms with Crippen LogP contribution in [-0.2, 0) is 4.52 Å². The molecule has 1 aliphatic heterocycles. The first-order valence-electron chi connectivity index (χ1n) is 9.38. The van der Waals surface area contributed by atoms with E-state index in [-0.39, 0.29) is 33.1 Å². The minimum absolute atomic E-state index is 0.0313. The third-order valence-electron chi connectivity index (χ3n) is 5.27. The van der Waals surface area contributed by atoms with Gasteiger partial charge >= 0.3 is 8.60 Å². The van der Waals surface area contributed by atoms with Crippen molar-refractivity contribution < 1.29 is 28.9 Å². The highest BCUT2D eigenvalue weighted by molar-refractivity contribution is 7.39. The van der Waals surface area contributed by atoms with E-state index in [4.69, 9.17) is 20.5 Å². The number of phenols is 2. The minimum atomic E-state index is -2.65. The molecule has 2 unspecified atom stereocenters. The highest BCUT2D eigenvalue weighted by Crippen LogP contribution is 2.45. The van der Waals surface area contributed by atoms with Crippen LogP contribution >= 0.6 is 20.2 Å². The van der Waals surface area contributed by atoms with Gasteiger partial charge in [-0.2, -0.15) is 0 Å². The van der Waals surface area contributed by atoms with Gasteiger partial charge in [0.05, 0.1) is 11.1 Å². The Labute approximate surface area is 184 Å². The number of likely N-dealkylation sites (tertiary alicyclic amines) is 1. The van der Waals surface area contributed by atoms with E-state index in [1.807, 2.05) is 11.9 Å². The number of likely N-dealkylation sites (N-methyl/N-ethyl adjacent to an activating group) is 1. The lowest BCUT2D eigenvalue weighted by molar-refractivity contribution is 0.0711. The van der Waals surface area contributed by atoms with Crippen molar-refractivity contribution in [2.75, 3.05) is 20.1 Å². The third kappa shape index (κ3) is 4.70. The van der Waals surface area contributed by atoms with Gasteiger partial charge in [-0.25, -0.2) is 0 Å². The number of rotatable bonds is 6. The van der Waals surface area contributed by atoms with Crippen molar-refractivity contribution in [3.8, 4) is 11.5 Å². The van der Waals surface area contributed by atoms with Crippen LogP contribution in [0.25, 0.3) is 16.5 Å². The Morgan fingerprint density at radius 2 is 2.00 bits per heavy atom. The summed E-state index contributed by atoms with van der Waals surface area (Å²) >= 11 is 6.17. The van der Waals surface area contributed by atoms with Crippen LogP contribution < -0.4 is 5.43 Å². The maximum atomic E-state index is 12.9. The Morgan fingerprint density at radius 1 is 1.29 bits per heavy atom. The van der Waals surface area contributed by atoms with Gasteiger partial charge in [-0.15, -0.1) is 0 Å². The summed E-state index contributed by atoms with van der Waals surface area (Å²) in [6.07, 6.45) is 2.56. The molecule has 1 aliphatic rings. The van der Waals surface area contributed by atoms with E-state index in [0.717, 1.165) is 6.07 Å². The quantitative estimate of drug-likeness (QED) is 0.376. The average molecular weight is 468 g/mol. The molecule has 31 heavy (non-hydrogen) atoms. The van der Waals surface area contributed by atoms with E-state index in [0.29, 0.717) is 25.1 Å². The highest BCUT2D eigenvalue weighted by atomic mass is 35.5. The van der Waals surface area contributed by atoms with Crippen LogP contribution in [0.1, 0.15) is 23.7 Å². The minimum Gasteiger partial charge on any atom is -0.507 e. The molecule has 1 fully saturated rings. The maximum absolute atomic E-state index is 12.9. The summed E-state index contributed by atoms with van der Waals surface area (Å²) in [6.45, 7) is 8.27. The van der Waals surface area contributed by atoms with Gasteiger partial charge in [-0.1, -0.05) is 30.8 Å². The molecule has 3 rings (SSSR count). The summed E-state index contributed by atoms with van der Waals surface area (Å²) in [7, 11) is -0.798. The molecular weight excluding hydrogens is 445 g/mol. The smallest absolute Gasteiger partial charge is 0.327 e. The predicted octanol–water partition coefficient (Wildman–Crippen LogP) is 3.54. The molecule has 0 bridgehead atoms. The lowest BCUT2D eigenvalue weighted by Crippen LogP contribution is -2.41. The zero-order valence-corrected chi connectivity index (χ0v) is 18.4. The second-order valence-corrected chi connectivity index (χ2v) is 8.35. The third-order valence-corrected chi connectivity index (χ3v) is 6.08. The van der Waals surface area contributed by atoms with Crippen LogP contribution in [-0.4, -0.2) is 51.1 Å². The summed E-state index contributed by atoms with van der Waals surface area (Å²) in [4.78, 5) is 33.7. The number of nitrogens with zero attached hydrogens (tertiary/aromatic N) is 1. The van der Waals surface area contributed by atoms with E-state index >= 15 is 0 Å². The Morgan fingerprint density at radius 3 is 2.61 bits per heavy atom. The molecule has 0 aliphatic carbocycles. The van der Waals surface area contributed by atoms with Crippen molar-refractivity contribution >= 4 is 36.7 Å². The monoisotopic (exact) mass is 467 g/mol. The van der Waals surface area contributed by atoms with Gasteiger partial charge in [0.2, 0.25) is 0 Å². The van der Waals surface area contributed by atoms with Crippen LogP contribution in [0.3, 0.4) is 0 Å². The molecule has 0 saturated carbocycles. The van der Waals surface area contributed by atoms with Gasteiger partial charge < -0.3 is 33.8 Å². The fraction of sp³-hybridized carbons (Fsp3) is 0.286. The molecule has 0 amide bonds. The van der Waals surface area contributed by atoms with Crippen LogP contribution in [0.4, 0.5) is 0 Å². The van der Waals surface area contributed by atoms with Crippen LogP contribution in [0.2, 0.25) is 0 Å². The molecule has 8 nitrogen and oxygen atoms in total. The van der Waals surface area contributed by atoms with Gasteiger partial charge in [0.1, 0.15) is 28.2 Å². The molecule has 1 aromatic heterocycles. The highest BCUT2D eigenvalue weighted by Gasteiger charge is 2.36. The fourth-order valence-electron chi connectivity index (χ4n) is 3.87.